The Bertz CT molecular complexity index is 815. The van der Waals surface area contributed by atoms with Gasteiger partial charge in [0.1, 0.15) is 12.4 Å². The fourth-order valence-electron chi connectivity index (χ4n) is 3.15. The van der Waals surface area contributed by atoms with E-state index >= 15 is 0 Å². The van der Waals surface area contributed by atoms with Gasteiger partial charge in [-0.1, -0.05) is 24.3 Å². The average molecular weight is 514 g/mol. The van der Waals surface area contributed by atoms with Gasteiger partial charge in [-0.3, -0.25) is 4.99 Å². The molecule has 1 aliphatic carbocycles. The van der Waals surface area contributed by atoms with Crippen LogP contribution in [0.5, 0.6) is 5.88 Å². The molecule has 0 aliphatic heterocycles. The first-order chi connectivity index (χ1) is 13.7. The summed E-state index contributed by atoms with van der Waals surface area (Å²) in [6, 6.07) is 10.8. The highest BCUT2D eigenvalue weighted by molar-refractivity contribution is 14.0. The summed E-state index contributed by atoms with van der Waals surface area (Å²) in [6.07, 6.45) is 3.64. The molecule has 1 aliphatic rings. The minimum Gasteiger partial charge on any atom is -0.475 e. The molecule has 0 amide bonds. The van der Waals surface area contributed by atoms with Crippen molar-refractivity contribution in [2.45, 2.75) is 24.8 Å². The molecule has 0 unspecified atom stereocenters. The molecule has 1 heterocycles. The van der Waals surface area contributed by atoms with Gasteiger partial charge in [-0.25, -0.2) is 9.37 Å². The lowest BCUT2D eigenvalue weighted by Gasteiger charge is -2.20. The Morgan fingerprint density at radius 2 is 1.97 bits per heavy atom. The van der Waals surface area contributed by atoms with E-state index < -0.39 is 0 Å². The van der Waals surface area contributed by atoms with E-state index in [-0.39, 0.29) is 35.2 Å². The van der Waals surface area contributed by atoms with Crippen LogP contribution in [0.3, 0.4) is 0 Å². The number of guanidine groups is 1. The zero-order valence-electron chi connectivity index (χ0n) is 16.8. The summed E-state index contributed by atoms with van der Waals surface area (Å²) in [4.78, 5) is 8.55. The van der Waals surface area contributed by atoms with Gasteiger partial charge in [-0.15, -0.1) is 24.0 Å². The minimum atomic E-state index is -0.147. The van der Waals surface area contributed by atoms with Crippen LogP contribution in [0.2, 0.25) is 0 Å². The highest BCUT2D eigenvalue weighted by Crippen LogP contribution is 2.48. The molecule has 1 aromatic heterocycles. The van der Waals surface area contributed by atoms with Gasteiger partial charge in [-0.2, -0.15) is 0 Å². The molecule has 3 rings (SSSR count). The predicted octanol–water partition coefficient (Wildman–Crippen LogP) is 3.26. The van der Waals surface area contributed by atoms with E-state index in [1.807, 2.05) is 24.3 Å². The largest absolute Gasteiger partial charge is 0.475 e. The van der Waals surface area contributed by atoms with Crippen molar-refractivity contribution in [3.8, 4) is 5.88 Å². The van der Waals surface area contributed by atoms with E-state index in [4.69, 9.17) is 9.47 Å². The second kappa shape index (κ2) is 11.3. The third-order valence-corrected chi connectivity index (χ3v) is 4.94. The summed E-state index contributed by atoms with van der Waals surface area (Å²) in [5.41, 5.74) is 1.56. The highest BCUT2D eigenvalue weighted by atomic mass is 127. The number of hydrogen-bond acceptors (Lipinski definition) is 4. The van der Waals surface area contributed by atoms with Crippen molar-refractivity contribution in [3.63, 3.8) is 0 Å². The van der Waals surface area contributed by atoms with Crippen molar-refractivity contribution in [1.82, 2.24) is 15.6 Å². The third-order valence-electron chi connectivity index (χ3n) is 4.94. The van der Waals surface area contributed by atoms with Crippen LogP contribution in [-0.2, 0) is 16.7 Å². The van der Waals surface area contributed by atoms with Crippen LogP contribution in [0, 0.1) is 5.82 Å². The summed E-state index contributed by atoms with van der Waals surface area (Å²) in [7, 11) is 3.35. The number of ether oxygens (including phenoxy) is 2. The number of methoxy groups -OCH3 is 1. The van der Waals surface area contributed by atoms with Gasteiger partial charge < -0.3 is 20.1 Å². The van der Waals surface area contributed by atoms with Crippen molar-refractivity contribution >= 4 is 29.9 Å². The lowest BCUT2D eigenvalue weighted by molar-refractivity contribution is 0.143. The Labute approximate surface area is 188 Å². The molecular weight excluding hydrogens is 486 g/mol. The average Bonchev–Trinajstić information content (AvgIpc) is 3.50. The molecule has 1 aromatic carbocycles. The first-order valence-electron chi connectivity index (χ1n) is 9.44. The van der Waals surface area contributed by atoms with Gasteiger partial charge in [0.2, 0.25) is 5.88 Å². The van der Waals surface area contributed by atoms with Crippen LogP contribution in [-0.4, -0.2) is 44.9 Å². The van der Waals surface area contributed by atoms with Crippen LogP contribution in [0.15, 0.2) is 47.6 Å². The molecule has 158 valence electrons. The van der Waals surface area contributed by atoms with Gasteiger partial charge in [0.25, 0.3) is 0 Å². The molecular formula is C21H28FIN4O2. The number of hydrogen-bond donors (Lipinski definition) is 2. The molecule has 8 heteroatoms. The molecule has 1 saturated carbocycles. The molecule has 0 radical (unpaired) electrons. The van der Waals surface area contributed by atoms with Gasteiger partial charge in [0.15, 0.2) is 5.96 Å². The molecule has 0 bridgehead atoms. The SMILES string of the molecule is CN=C(NCc1cccnc1OCCOC)NCC1(c2ccccc2F)CC1.I. The Balaban J connectivity index is 0.00000300. The van der Waals surface area contributed by atoms with E-state index in [1.165, 1.54) is 6.07 Å². The normalized spacial score (nSPS) is 14.7. The third kappa shape index (κ3) is 6.27. The fraction of sp³-hybridized carbons (Fsp3) is 0.429. The van der Waals surface area contributed by atoms with Crippen molar-refractivity contribution in [1.29, 1.82) is 0 Å². The summed E-state index contributed by atoms with van der Waals surface area (Å²) < 4.78 is 24.8. The zero-order valence-corrected chi connectivity index (χ0v) is 19.1. The number of nitrogens with one attached hydrogen (secondary N) is 2. The van der Waals surface area contributed by atoms with Crippen molar-refractivity contribution in [3.05, 3.63) is 59.5 Å². The molecule has 0 spiro atoms. The topological polar surface area (TPSA) is 67.8 Å². The maximum atomic E-state index is 14.2. The van der Waals surface area contributed by atoms with Gasteiger partial charge in [-0.05, 0) is 30.5 Å². The predicted molar refractivity (Wildman–Crippen MR) is 123 cm³/mol. The van der Waals surface area contributed by atoms with Crippen LogP contribution in [0.4, 0.5) is 4.39 Å². The van der Waals surface area contributed by atoms with E-state index in [9.17, 15) is 4.39 Å². The Kier molecular flexibility index (Phi) is 9.09. The quantitative estimate of drug-likeness (QED) is 0.233. The van der Waals surface area contributed by atoms with Gasteiger partial charge >= 0.3 is 0 Å². The zero-order chi connectivity index (χ0) is 19.8. The molecule has 2 aromatic rings. The number of nitrogens with zero attached hydrogens (tertiary/aromatic N) is 2. The number of benzene rings is 1. The van der Waals surface area contributed by atoms with E-state index in [1.54, 1.807) is 26.4 Å². The van der Waals surface area contributed by atoms with Gasteiger partial charge in [0.05, 0.1) is 6.61 Å². The number of rotatable bonds is 9. The van der Waals surface area contributed by atoms with Crippen molar-refractivity contribution in [2.75, 3.05) is 33.9 Å². The van der Waals surface area contributed by atoms with Crippen LogP contribution in [0.25, 0.3) is 0 Å². The van der Waals surface area contributed by atoms with Crippen LogP contribution >= 0.6 is 24.0 Å². The lowest BCUT2D eigenvalue weighted by atomic mass is 9.95. The highest BCUT2D eigenvalue weighted by Gasteiger charge is 2.45. The smallest absolute Gasteiger partial charge is 0.218 e. The molecule has 6 nitrogen and oxygen atoms in total. The number of pyridine rings is 1. The second-order valence-corrected chi connectivity index (χ2v) is 6.85. The fourth-order valence-corrected chi connectivity index (χ4v) is 3.15. The maximum Gasteiger partial charge on any atom is 0.218 e. The van der Waals surface area contributed by atoms with E-state index in [2.05, 4.69) is 20.6 Å². The molecule has 2 N–H and O–H groups in total. The first kappa shape index (κ1) is 23.3. The van der Waals surface area contributed by atoms with Crippen molar-refractivity contribution in [2.24, 2.45) is 4.99 Å². The minimum absolute atomic E-state index is 0. The number of aliphatic imine (C=N–C) groups is 1. The van der Waals surface area contributed by atoms with Crippen LogP contribution in [0.1, 0.15) is 24.0 Å². The van der Waals surface area contributed by atoms with E-state index in [0.29, 0.717) is 38.1 Å². The first-order valence-corrected chi connectivity index (χ1v) is 9.44. The summed E-state index contributed by atoms with van der Waals surface area (Å²) in [6.45, 7) is 2.10. The number of halogens is 2. The van der Waals surface area contributed by atoms with Crippen molar-refractivity contribution < 1.29 is 13.9 Å². The maximum absolute atomic E-state index is 14.2. The standard InChI is InChI=1S/C21H27FN4O2.HI/c1-23-20(25-14-16-6-5-11-24-19(16)28-13-12-27-2)26-15-21(9-10-21)17-7-3-4-8-18(17)22;/h3-8,11H,9-10,12-15H2,1-2H3,(H2,23,25,26);1H. The second-order valence-electron chi connectivity index (χ2n) is 6.85. The molecule has 29 heavy (non-hydrogen) atoms. The van der Waals surface area contributed by atoms with E-state index in [0.717, 1.165) is 24.0 Å². The van der Waals surface area contributed by atoms with Gasteiger partial charge in [0, 0.05) is 44.4 Å². The molecule has 1 fully saturated rings. The Hall–Kier alpha value is -1.94. The molecule has 0 atom stereocenters. The Morgan fingerprint density at radius 3 is 2.66 bits per heavy atom. The Morgan fingerprint density at radius 1 is 1.17 bits per heavy atom. The lowest BCUT2D eigenvalue weighted by Crippen LogP contribution is -2.41. The number of aromatic nitrogens is 1. The molecule has 0 saturated heterocycles. The summed E-state index contributed by atoms with van der Waals surface area (Å²) in [5.74, 6) is 1.10. The van der Waals surface area contributed by atoms with Crippen LogP contribution < -0.4 is 15.4 Å². The summed E-state index contributed by atoms with van der Waals surface area (Å²) >= 11 is 0. The monoisotopic (exact) mass is 514 g/mol. The summed E-state index contributed by atoms with van der Waals surface area (Å²) in [5, 5.41) is 6.61.